The number of hydrogen-bond donors (Lipinski definition) is 0. The predicted molar refractivity (Wildman–Crippen MR) is 149 cm³/mol. The minimum Gasteiger partial charge on any atom is -0.618 e. The van der Waals surface area contributed by atoms with Crippen molar-refractivity contribution >= 4 is 10.9 Å². The van der Waals surface area contributed by atoms with E-state index in [0.717, 1.165) is 31.7 Å². The van der Waals surface area contributed by atoms with Gasteiger partial charge in [0.05, 0.1) is 17.6 Å². The average molecular weight is 527 g/mol. The summed E-state index contributed by atoms with van der Waals surface area (Å²) in [5, 5.41) is 18.5. The molecule has 0 spiro atoms. The van der Waals surface area contributed by atoms with Crippen molar-refractivity contribution in [2.75, 3.05) is 0 Å². The van der Waals surface area contributed by atoms with Crippen LogP contribution in [0.4, 0.5) is 4.39 Å². The highest BCUT2D eigenvalue weighted by Gasteiger charge is 2.24. The van der Waals surface area contributed by atoms with Gasteiger partial charge in [0.25, 0.3) is 0 Å². The van der Waals surface area contributed by atoms with E-state index >= 15 is 4.39 Å². The van der Waals surface area contributed by atoms with Crippen molar-refractivity contribution in [2.45, 2.75) is 53.4 Å². The summed E-state index contributed by atoms with van der Waals surface area (Å²) in [7, 11) is 0. The molecule has 0 unspecified atom stereocenters. The zero-order valence-electron chi connectivity index (χ0n) is 22.5. The van der Waals surface area contributed by atoms with E-state index in [1.54, 1.807) is 6.07 Å². The van der Waals surface area contributed by atoms with Gasteiger partial charge >= 0.3 is 5.69 Å². The molecule has 0 amide bonds. The number of ether oxygens (including phenoxy) is 1. The monoisotopic (exact) mass is 526 g/mol. The number of hydrogen-bond acceptors (Lipinski definition) is 4. The fourth-order valence-corrected chi connectivity index (χ4v) is 4.90. The average Bonchev–Trinajstić information content (AvgIpc) is 3.24. The molecule has 39 heavy (non-hydrogen) atoms. The first-order valence-corrected chi connectivity index (χ1v) is 13.1. The summed E-state index contributed by atoms with van der Waals surface area (Å²) in [5.74, 6) is -0.263. The largest absolute Gasteiger partial charge is 0.618 e. The zero-order chi connectivity index (χ0) is 27.7. The van der Waals surface area contributed by atoms with Crippen LogP contribution in [0.5, 0.6) is 0 Å². The fraction of sp³-hybridized carbons (Fsp3) is 0.258. The second-order valence-electron chi connectivity index (χ2n) is 9.90. The van der Waals surface area contributed by atoms with Crippen molar-refractivity contribution in [3.63, 3.8) is 0 Å². The first-order valence-electron chi connectivity index (χ1n) is 13.1. The van der Waals surface area contributed by atoms with Gasteiger partial charge < -0.3 is 9.94 Å². The van der Waals surface area contributed by atoms with Gasteiger partial charge in [-0.25, -0.2) is 9.18 Å². The normalized spacial score (nSPS) is 11.5. The predicted octanol–water partition coefficient (Wildman–Crippen LogP) is 5.80. The summed E-state index contributed by atoms with van der Waals surface area (Å²) in [5.41, 5.74) is 3.81. The number of halogens is 1. The molecule has 5 aromatic rings. The van der Waals surface area contributed by atoms with Crippen LogP contribution in [0.1, 0.15) is 49.2 Å². The molecule has 2 heterocycles. The number of aromatic nitrogens is 4. The Balaban J connectivity index is 1.60. The summed E-state index contributed by atoms with van der Waals surface area (Å²) in [6.45, 7) is 8.63. The van der Waals surface area contributed by atoms with Crippen LogP contribution in [0.2, 0.25) is 0 Å². The maximum Gasteiger partial charge on any atom is 0.350 e. The van der Waals surface area contributed by atoms with Gasteiger partial charge in [-0.3, -0.25) is 4.57 Å². The van der Waals surface area contributed by atoms with Crippen molar-refractivity contribution in [2.24, 2.45) is 0 Å². The molecule has 0 atom stereocenters. The maximum atomic E-state index is 15.6. The third kappa shape index (κ3) is 4.95. The van der Waals surface area contributed by atoms with Crippen LogP contribution in [0.15, 0.2) is 77.6 Å². The van der Waals surface area contributed by atoms with E-state index in [4.69, 9.17) is 4.74 Å². The standard InChI is InChI=1S/C31H31FN4O3/c1-5-34-30(19-39-18-22-12-7-6-8-13-22)33-35(31(34)37)29-16-25-24(20(2)3)15-27(23-14-10-9-11-21(23)4)36(38)28(25)17-26(29)32/h6-17,20H,5,18-19H2,1-4H3. The minimum atomic E-state index is -0.705. The van der Waals surface area contributed by atoms with E-state index in [1.165, 1.54) is 10.6 Å². The second kappa shape index (κ2) is 10.8. The van der Waals surface area contributed by atoms with E-state index < -0.39 is 11.5 Å². The first-order chi connectivity index (χ1) is 18.8. The molecule has 0 radical (unpaired) electrons. The number of aryl methyl sites for hydroxylation is 1. The Morgan fingerprint density at radius 2 is 1.74 bits per heavy atom. The molecule has 8 heteroatoms. The van der Waals surface area contributed by atoms with Crippen molar-refractivity contribution in [3.05, 3.63) is 117 Å². The second-order valence-corrected chi connectivity index (χ2v) is 9.90. The zero-order valence-corrected chi connectivity index (χ0v) is 22.5. The minimum absolute atomic E-state index is 0.00505. The molecule has 0 fully saturated rings. The van der Waals surface area contributed by atoms with Crippen molar-refractivity contribution in [1.29, 1.82) is 0 Å². The summed E-state index contributed by atoms with van der Waals surface area (Å²) >= 11 is 0. The van der Waals surface area contributed by atoms with Crippen LogP contribution in [-0.4, -0.2) is 14.3 Å². The summed E-state index contributed by atoms with van der Waals surface area (Å²) < 4.78 is 24.7. The van der Waals surface area contributed by atoms with Gasteiger partial charge in [-0.2, -0.15) is 9.41 Å². The molecule has 0 saturated heterocycles. The van der Waals surface area contributed by atoms with Gasteiger partial charge in [0.1, 0.15) is 12.3 Å². The Hall–Kier alpha value is -4.30. The molecule has 0 bridgehead atoms. The lowest BCUT2D eigenvalue weighted by atomic mass is 9.94. The lowest BCUT2D eigenvalue weighted by Crippen LogP contribution is -2.32. The Kier molecular flexibility index (Phi) is 7.30. The van der Waals surface area contributed by atoms with Crippen LogP contribution in [0.3, 0.4) is 0 Å². The van der Waals surface area contributed by atoms with Crippen LogP contribution in [0.25, 0.3) is 27.8 Å². The van der Waals surface area contributed by atoms with Gasteiger partial charge in [-0.05, 0) is 48.6 Å². The van der Waals surface area contributed by atoms with Gasteiger partial charge in [-0.15, -0.1) is 5.10 Å². The highest BCUT2D eigenvalue weighted by molar-refractivity contribution is 5.84. The van der Waals surface area contributed by atoms with Gasteiger partial charge in [-0.1, -0.05) is 62.4 Å². The number of benzene rings is 3. The molecule has 200 valence electrons. The topological polar surface area (TPSA) is 76.0 Å². The SMILES string of the molecule is CCn1c(COCc2ccccc2)nn(-c2cc3c(C(C)C)cc(-c4ccccc4C)[n+]([O-])c3cc2F)c1=O. The summed E-state index contributed by atoms with van der Waals surface area (Å²) in [6, 6.07) is 21.9. The van der Waals surface area contributed by atoms with E-state index in [1.807, 2.05) is 88.4 Å². The lowest BCUT2D eigenvalue weighted by Gasteiger charge is -2.16. The summed E-state index contributed by atoms with van der Waals surface area (Å²) in [6.07, 6.45) is 0. The molecule has 0 saturated carbocycles. The van der Waals surface area contributed by atoms with Crippen molar-refractivity contribution in [1.82, 2.24) is 14.3 Å². The first kappa shape index (κ1) is 26.3. The van der Waals surface area contributed by atoms with Gasteiger partial charge in [0, 0.05) is 18.7 Å². The fourth-order valence-electron chi connectivity index (χ4n) is 4.90. The maximum absolute atomic E-state index is 15.6. The van der Waals surface area contributed by atoms with E-state index in [-0.39, 0.29) is 23.7 Å². The number of pyridine rings is 1. The molecule has 7 nitrogen and oxygen atoms in total. The van der Waals surface area contributed by atoms with Gasteiger partial charge in [0.2, 0.25) is 11.2 Å². The van der Waals surface area contributed by atoms with Crippen molar-refractivity contribution in [3.8, 4) is 16.9 Å². The highest BCUT2D eigenvalue weighted by atomic mass is 19.1. The highest BCUT2D eigenvalue weighted by Crippen LogP contribution is 2.31. The molecule has 0 aliphatic carbocycles. The number of nitrogens with zero attached hydrogens (tertiary/aromatic N) is 4. The smallest absolute Gasteiger partial charge is 0.350 e. The number of fused-ring (bicyclic) bond motifs is 1. The Morgan fingerprint density at radius 1 is 1.03 bits per heavy atom. The molecule has 0 aliphatic rings. The van der Waals surface area contributed by atoms with Crippen LogP contribution in [-0.2, 0) is 24.5 Å². The Bertz CT molecular complexity index is 1710. The molecular formula is C31H31FN4O3. The molecule has 2 aromatic heterocycles. The molecule has 0 N–H and O–H groups in total. The molecule has 3 aromatic carbocycles. The third-order valence-corrected chi connectivity index (χ3v) is 6.98. The summed E-state index contributed by atoms with van der Waals surface area (Å²) in [4.78, 5) is 13.3. The van der Waals surface area contributed by atoms with Crippen LogP contribution in [0, 0.1) is 17.9 Å². The quantitative estimate of drug-likeness (QED) is 0.189. The van der Waals surface area contributed by atoms with E-state index in [0.29, 0.717) is 30.1 Å². The van der Waals surface area contributed by atoms with Crippen molar-refractivity contribution < 1.29 is 13.9 Å². The molecular weight excluding hydrogens is 495 g/mol. The van der Waals surface area contributed by atoms with E-state index in [9.17, 15) is 10.0 Å². The third-order valence-electron chi connectivity index (χ3n) is 6.98. The number of rotatable bonds is 8. The lowest BCUT2D eigenvalue weighted by molar-refractivity contribution is -0.565. The molecule has 0 aliphatic heterocycles. The van der Waals surface area contributed by atoms with E-state index in [2.05, 4.69) is 5.10 Å². The van der Waals surface area contributed by atoms with Crippen LogP contribution >= 0.6 is 0 Å². The van der Waals surface area contributed by atoms with Crippen LogP contribution < -0.4 is 10.4 Å². The van der Waals surface area contributed by atoms with Gasteiger partial charge in [0.15, 0.2) is 11.6 Å². The Labute approximate surface area is 226 Å². The Morgan fingerprint density at radius 3 is 2.44 bits per heavy atom. The molecule has 5 rings (SSSR count).